The largest absolute Gasteiger partial charge is 0.542 e. The van der Waals surface area contributed by atoms with Crippen molar-refractivity contribution in [3.63, 3.8) is 0 Å². The smallest absolute Gasteiger partial charge is 0.430 e. The highest BCUT2D eigenvalue weighted by molar-refractivity contribution is 5.96. The highest BCUT2D eigenvalue weighted by atomic mass is 19.4. The number of fused-ring (bicyclic) bond motifs is 3. The second kappa shape index (κ2) is 12.9. The Morgan fingerprint density at radius 3 is 2.07 bits per heavy atom. The third-order valence-electron chi connectivity index (χ3n) is 7.48. The van der Waals surface area contributed by atoms with Crippen molar-refractivity contribution in [2.24, 2.45) is 5.92 Å². The number of para-hydroxylation sites is 1. The zero-order valence-electron chi connectivity index (χ0n) is 22.1. The van der Waals surface area contributed by atoms with Crippen molar-refractivity contribution in [3.8, 4) is 0 Å². The lowest BCUT2D eigenvalue weighted by atomic mass is 9.82. The number of esters is 1. The first-order chi connectivity index (χ1) is 19.6. The number of hydrogen-bond acceptors (Lipinski definition) is 7. The molecule has 216 valence electrons. The minimum atomic E-state index is -5.19. The van der Waals surface area contributed by atoms with E-state index in [0.29, 0.717) is 29.1 Å². The molecule has 3 aliphatic heterocycles. The number of nitrogens with one attached hydrogen (secondary N) is 1. The molecular formula is C30H30F3N3O5. The predicted molar refractivity (Wildman–Crippen MR) is 141 cm³/mol. The number of carbonyl (C=O) groups excluding carboxylic acids is 3. The van der Waals surface area contributed by atoms with Crippen LogP contribution in [0.3, 0.4) is 0 Å². The molecule has 1 unspecified atom stereocenters. The fraction of sp³-hybridized carbons (Fsp3) is 0.333. The quantitative estimate of drug-likeness (QED) is 0.251. The molecule has 3 aliphatic rings. The molecule has 8 nitrogen and oxygen atoms in total. The first kappa shape index (κ1) is 29.7. The zero-order valence-corrected chi connectivity index (χ0v) is 22.1. The minimum Gasteiger partial charge on any atom is -0.542 e. The molecule has 3 fully saturated rings. The molecule has 1 aromatic heterocycles. The molecule has 2 atom stereocenters. The van der Waals surface area contributed by atoms with Crippen LogP contribution in [0.15, 0.2) is 85.2 Å². The zero-order chi connectivity index (χ0) is 29.5. The van der Waals surface area contributed by atoms with Gasteiger partial charge in [-0.15, -0.1) is 0 Å². The SMILES string of the molecule is O=C(C[N+]12CCC(CC1)[C@@H](OC(=O)C(Nc1ccccc1)c1ccccc1)C2)c1ccncc1.O=C([O-])C(F)(F)F. The Morgan fingerprint density at radius 2 is 1.51 bits per heavy atom. The van der Waals surface area contributed by atoms with Crippen molar-refractivity contribution >= 4 is 23.4 Å². The average Bonchev–Trinajstić information content (AvgIpc) is 2.97. The van der Waals surface area contributed by atoms with E-state index in [9.17, 15) is 22.8 Å². The Bertz CT molecular complexity index is 1320. The normalized spacial score (nSPS) is 22.0. The first-order valence-electron chi connectivity index (χ1n) is 13.2. The van der Waals surface area contributed by atoms with Gasteiger partial charge in [0.1, 0.15) is 19.1 Å². The number of alkyl halides is 3. The summed E-state index contributed by atoms with van der Waals surface area (Å²) >= 11 is 0. The van der Waals surface area contributed by atoms with Gasteiger partial charge in [-0.3, -0.25) is 9.78 Å². The molecule has 6 rings (SSSR count). The van der Waals surface area contributed by atoms with Crippen molar-refractivity contribution < 1.29 is 41.9 Å². The van der Waals surface area contributed by atoms with Crippen LogP contribution in [0.5, 0.6) is 0 Å². The number of aromatic nitrogens is 1. The van der Waals surface area contributed by atoms with E-state index in [4.69, 9.17) is 14.6 Å². The number of Topliss-reactive ketones (excluding diaryl/α,β-unsaturated/α-hetero) is 1. The number of halogens is 3. The van der Waals surface area contributed by atoms with Crippen LogP contribution in [-0.2, 0) is 14.3 Å². The number of piperidine rings is 3. The molecular weight excluding hydrogens is 539 g/mol. The molecule has 41 heavy (non-hydrogen) atoms. The third kappa shape index (κ3) is 7.91. The molecule has 3 aromatic rings. The maximum absolute atomic E-state index is 13.5. The van der Waals surface area contributed by atoms with Crippen molar-refractivity contribution in [1.82, 2.24) is 4.98 Å². The summed E-state index contributed by atoms with van der Waals surface area (Å²) in [6.45, 7) is 3.05. The number of carboxylic acid groups (broad SMARTS) is 1. The number of ether oxygens (including phenoxy) is 1. The first-order valence-corrected chi connectivity index (χ1v) is 13.2. The van der Waals surface area contributed by atoms with Crippen LogP contribution < -0.4 is 10.4 Å². The molecule has 0 radical (unpaired) electrons. The molecule has 0 aliphatic carbocycles. The van der Waals surface area contributed by atoms with E-state index in [1.807, 2.05) is 60.7 Å². The fourth-order valence-electron chi connectivity index (χ4n) is 5.35. The van der Waals surface area contributed by atoms with E-state index < -0.39 is 18.2 Å². The van der Waals surface area contributed by atoms with Gasteiger partial charge >= 0.3 is 12.1 Å². The van der Waals surface area contributed by atoms with Crippen LogP contribution in [0.4, 0.5) is 18.9 Å². The number of quaternary nitrogens is 1. The van der Waals surface area contributed by atoms with Gasteiger partial charge in [-0.2, -0.15) is 13.2 Å². The second-order valence-electron chi connectivity index (χ2n) is 10.2. The Morgan fingerprint density at radius 1 is 0.951 bits per heavy atom. The summed E-state index contributed by atoms with van der Waals surface area (Å²) in [5.74, 6) is -2.80. The number of ketones is 1. The number of hydrogen-bond donors (Lipinski definition) is 1. The minimum absolute atomic E-state index is 0.126. The van der Waals surface area contributed by atoms with Gasteiger partial charge in [-0.25, -0.2) is 4.79 Å². The molecule has 11 heteroatoms. The van der Waals surface area contributed by atoms with Crippen LogP contribution in [0.1, 0.15) is 34.8 Å². The highest BCUT2D eigenvalue weighted by Crippen LogP contribution is 2.36. The number of anilines is 1. The van der Waals surface area contributed by atoms with Gasteiger partial charge in [0.05, 0.1) is 13.1 Å². The summed E-state index contributed by atoms with van der Waals surface area (Å²) in [4.78, 5) is 39.2. The van der Waals surface area contributed by atoms with Gasteiger partial charge in [-0.1, -0.05) is 48.5 Å². The van der Waals surface area contributed by atoms with Crippen LogP contribution >= 0.6 is 0 Å². The molecule has 1 N–H and O–H groups in total. The maximum Gasteiger partial charge on any atom is 0.430 e. The summed E-state index contributed by atoms with van der Waals surface area (Å²) in [6.07, 6.45) is -0.107. The lowest BCUT2D eigenvalue weighted by Gasteiger charge is -2.51. The number of carboxylic acids is 1. The molecule has 3 saturated heterocycles. The second-order valence-corrected chi connectivity index (χ2v) is 10.2. The number of nitrogens with zero attached hydrogens (tertiary/aromatic N) is 2. The predicted octanol–water partition coefficient (Wildman–Crippen LogP) is 3.57. The van der Waals surface area contributed by atoms with Crippen LogP contribution in [0.2, 0.25) is 0 Å². The molecule has 0 spiro atoms. The van der Waals surface area contributed by atoms with Crippen LogP contribution in [-0.4, -0.2) is 65.6 Å². The number of benzene rings is 2. The lowest BCUT2D eigenvalue weighted by molar-refractivity contribution is -0.938. The molecule has 0 amide bonds. The summed E-state index contributed by atoms with van der Waals surface area (Å²) in [6, 6.07) is 22.4. The molecule has 2 aromatic carbocycles. The van der Waals surface area contributed by atoms with E-state index in [2.05, 4.69) is 10.3 Å². The van der Waals surface area contributed by atoms with E-state index in [1.165, 1.54) is 0 Å². The lowest BCUT2D eigenvalue weighted by Crippen LogP contribution is -2.65. The van der Waals surface area contributed by atoms with Gasteiger partial charge in [-0.05, 0) is 29.8 Å². The van der Waals surface area contributed by atoms with Crippen molar-refractivity contribution in [3.05, 3.63) is 96.3 Å². The number of carbonyl (C=O) groups is 3. The number of aliphatic carboxylic acids is 1. The average molecular weight is 570 g/mol. The molecule has 2 bridgehead atoms. The summed E-state index contributed by atoms with van der Waals surface area (Å²) in [5.41, 5.74) is 2.43. The van der Waals surface area contributed by atoms with Gasteiger partial charge in [0.25, 0.3) is 0 Å². The van der Waals surface area contributed by atoms with E-state index in [1.54, 1.807) is 24.5 Å². The van der Waals surface area contributed by atoms with Gasteiger partial charge in [0, 0.05) is 42.4 Å². The Hall–Kier alpha value is -4.25. The van der Waals surface area contributed by atoms with Gasteiger partial charge in [0.2, 0.25) is 5.78 Å². The van der Waals surface area contributed by atoms with E-state index in [-0.39, 0.29) is 17.9 Å². The summed E-state index contributed by atoms with van der Waals surface area (Å²) in [5, 5.41) is 12.1. The number of pyridine rings is 1. The standard InChI is InChI=1S/C28H30N3O3.C2HF3O2/c32-25(21-11-15-29-16-12-21)19-31-17-13-22(14-18-31)26(20-31)34-28(33)27(23-7-3-1-4-8-23)30-24-9-5-2-6-10-24;3-2(4,5)1(6)7/h1-12,15-16,22,26-27,30H,13-14,17-20H2;(H,6,7)/q+1;/p-1/t22?,26-,27?,31?;/m0./s1. The Balaban J connectivity index is 0.000000493. The topological polar surface area (TPSA) is 108 Å². The Kier molecular flexibility index (Phi) is 9.38. The maximum atomic E-state index is 13.5. The summed E-state index contributed by atoms with van der Waals surface area (Å²) < 4.78 is 38.4. The van der Waals surface area contributed by atoms with Crippen LogP contribution in [0.25, 0.3) is 0 Å². The van der Waals surface area contributed by atoms with Gasteiger partial charge < -0.3 is 24.4 Å². The Labute approximate surface area is 235 Å². The van der Waals surface area contributed by atoms with Crippen molar-refractivity contribution in [2.45, 2.75) is 31.2 Å². The van der Waals surface area contributed by atoms with Gasteiger partial charge in [0.15, 0.2) is 12.1 Å². The van der Waals surface area contributed by atoms with Crippen LogP contribution in [0, 0.1) is 5.92 Å². The highest BCUT2D eigenvalue weighted by Gasteiger charge is 2.49. The molecule has 0 saturated carbocycles. The van der Waals surface area contributed by atoms with Crippen molar-refractivity contribution in [1.29, 1.82) is 0 Å². The fourth-order valence-corrected chi connectivity index (χ4v) is 5.35. The van der Waals surface area contributed by atoms with E-state index >= 15 is 0 Å². The van der Waals surface area contributed by atoms with E-state index in [0.717, 1.165) is 37.2 Å². The number of rotatable bonds is 8. The molecule has 4 heterocycles. The summed E-state index contributed by atoms with van der Waals surface area (Å²) in [7, 11) is 0. The third-order valence-corrected chi connectivity index (χ3v) is 7.48. The van der Waals surface area contributed by atoms with Crippen molar-refractivity contribution in [2.75, 3.05) is 31.5 Å². The monoisotopic (exact) mass is 569 g/mol.